The molecule has 7 heteroatoms. The monoisotopic (exact) mass is 441 g/mol. The first-order valence-electron chi connectivity index (χ1n) is 11.2. The summed E-state index contributed by atoms with van der Waals surface area (Å²) < 4.78 is 5.38. The third-order valence-corrected chi connectivity index (χ3v) is 7.50. The normalized spacial score (nSPS) is 18.8. The molecule has 0 spiro atoms. The minimum absolute atomic E-state index is 0.0429. The first-order chi connectivity index (χ1) is 15.1. The molecule has 6 nitrogen and oxygen atoms in total. The Kier molecular flexibility index (Phi) is 6.92. The van der Waals surface area contributed by atoms with Gasteiger partial charge in [0.05, 0.1) is 24.9 Å². The van der Waals surface area contributed by atoms with Gasteiger partial charge in [-0.05, 0) is 69.7 Å². The van der Waals surface area contributed by atoms with E-state index in [2.05, 4.69) is 22.5 Å². The molecule has 31 heavy (non-hydrogen) atoms. The number of nitrogens with one attached hydrogen (secondary N) is 2. The zero-order valence-electron chi connectivity index (χ0n) is 18.3. The number of piperidine rings is 1. The summed E-state index contributed by atoms with van der Waals surface area (Å²) in [7, 11) is 1.59. The van der Waals surface area contributed by atoms with Crippen LogP contribution in [-0.2, 0) is 17.6 Å². The standard InChI is InChI=1S/C24H31N3O3S/c1-16-9-7-8-14-27(16)15-21(28)26-24-22(17-10-3-6-13-20(17)31-24)23(29)25-18-11-4-5-12-19(18)30-2/h4-5,11-12,16H,3,6-10,13-15H2,1-2H3,(H,25,29)(H,26,28)/t16-/m1/s1. The number of likely N-dealkylation sites (tertiary alicyclic amines) is 1. The Morgan fingerprint density at radius 3 is 2.74 bits per heavy atom. The molecule has 0 unspecified atom stereocenters. The Labute approximate surface area is 188 Å². The van der Waals surface area contributed by atoms with Crippen molar-refractivity contribution in [2.24, 2.45) is 0 Å². The van der Waals surface area contributed by atoms with Crippen LogP contribution in [0.25, 0.3) is 0 Å². The van der Waals surface area contributed by atoms with Crippen molar-refractivity contribution < 1.29 is 14.3 Å². The summed E-state index contributed by atoms with van der Waals surface area (Å²) in [5, 5.41) is 6.75. The number of rotatable bonds is 6. The topological polar surface area (TPSA) is 70.7 Å². The molecular weight excluding hydrogens is 410 g/mol. The number of anilines is 2. The minimum Gasteiger partial charge on any atom is -0.495 e. The smallest absolute Gasteiger partial charge is 0.259 e. The fourth-order valence-corrected chi connectivity index (χ4v) is 5.87. The number of carbonyl (C=O) groups is 2. The highest BCUT2D eigenvalue weighted by molar-refractivity contribution is 7.17. The molecule has 2 amide bonds. The van der Waals surface area contributed by atoms with Gasteiger partial charge in [-0.25, -0.2) is 0 Å². The molecule has 0 radical (unpaired) electrons. The Balaban J connectivity index is 1.56. The number of amides is 2. The van der Waals surface area contributed by atoms with Gasteiger partial charge < -0.3 is 15.4 Å². The summed E-state index contributed by atoms with van der Waals surface area (Å²) in [6.07, 6.45) is 7.53. The highest BCUT2D eigenvalue weighted by atomic mass is 32.1. The van der Waals surface area contributed by atoms with E-state index in [1.807, 2.05) is 24.3 Å². The lowest BCUT2D eigenvalue weighted by Gasteiger charge is -2.32. The minimum atomic E-state index is -0.189. The van der Waals surface area contributed by atoms with Crippen LogP contribution in [-0.4, -0.2) is 43.0 Å². The van der Waals surface area contributed by atoms with E-state index in [4.69, 9.17) is 4.74 Å². The number of thiophene rings is 1. The molecule has 166 valence electrons. The molecule has 2 aromatic rings. The maximum absolute atomic E-state index is 13.3. The van der Waals surface area contributed by atoms with Crippen molar-refractivity contribution in [3.8, 4) is 5.75 Å². The zero-order chi connectivity index (χ0) is 21.8. The molecule has 0 saturated carbocycles. The molecule has 4 rings (SSSR count). The second-order valence-corrected chi connectivity index (χ2v) is 9.54. The van der Waals surface area contributed by atoms with Crippen molar-refractivity contribution in [1.82, 2.24) is 4.90 Å². The molecule has 1 aromatic heterocycles. The van der Waals surface area contributed by atoms with Crippen molar-refractivity contribution >= 4 is 33.8 Å². The van der Waals surface area contributed by atoms with E-state index < -0.39 is 0 Å². The molecule has 1 atom stereocenters. The van der Waals surface area contributed by atoms with Crippen LogP contribution in [0.5, 0.6) is 5.75 Å². The van der Waals surface area contributed by atoms with Gasteiger partial charge in [-0.15, -0.1) is 11.3 Å². The molecule has 2 aliphatic rings. The number of nitrogens with zero attached hydrogens (tertiary/aromatic N) is 1. The number of aryl methyl sites for hydroxylation is 1. The first-order valence-corrected chi connectivity index (χ1v) is 12.0. The maximum Gasteiger partial charge on any atom is 0.259 e. The number of para-hydroxylation sites is 2. The highest BCUT2D eigenvalue weighted by Gasteiger charge is 2.28. The lowest BCUT2D eigenvalue weighted by Crippen LogP contribution is -2.42. The number of ether oxygens (including phenoxy) is 1. The average Bonchev–Trinajstić information content (AvgIpc) is 3.13. The van der Waals surface area contributed by atoms with E-state index in [9.17, 15) is 9.59 Å². The van der Waals surface area contributed by atoms with Crippen LogP contribution in [0.2, 0.25) is 0 Å². The third kappa shape index (κ3) is 4.93. The van der Waals surface area contributed by atoms with Crippen LogP contribution < -0.4 is 15.4 Å². The number of benzene rings is 1. The van der Waals surface area contributed by atoms with Gasteiger partial charge in [0.25, 0.3) is 5.91 Å². The molecule has 1 aromatic carbocycles. The van der Waals surface area contributed by atoms with E-state index in [0.29, 0.717) is 34.6 Å². The predicted octanol–water partition coefficient (Wildman–Crippen LogP) is 4.70. The Morgan fingerprint density at radius 1 is 1.13 bits per heavy atom. The van der Waals surface area contributed by atoms with Crippen LogP contribution in [0, 0.1) is 0 Å². The second kappa shape index (κ2) is 9.83. The van der Waals surface area contributed by atoms with Crippen molar-refractivity contribution in [3.05, 3.63) is 40.3 Å². The molecule has 1 aliphatic heterocycles. The van der Waals surface area contributed by atoms with Gasteiger partial charge in [-0.1, -0.05) is 18.6 Å². The molecule has 2 heterocycles. The van der Waals surface area contributed by atoms with E-state index in [1.54, 1.807) is 18.4 Å². The lowest BCUT2D eigenvalue weighted by atomic mass is 9.95. The van der Waals surface area contributed by atoms with Crippen LogP contribution in [0.3, 0.4) is 0 Å². The summed E-state index contributed by atoms with van der Waals surface area (Å²) >= 11 is 1.56. The number of methoxy groups -OCH3 is 1. The summed E-state index contributed by atoms with van der Waals surface area (Å²) in [5.41, 5.74) is 2.33. The summed E-state index contributed by atoms with van der Waals surface area (Å²) in [4.78, 5) is 29.7. The number of hydrogen-bond donors (Lipinski definition) is 2. The van der Waals surface area contributed by atoms with Crippen LogP contribution >= 0.6 is 11.3 Å². The molecule has 1 saturated heterocycles. The molecule has 2 N–H and O–H groups in total. The van der Waals surface area contributed by atoms with Gasteiger partial charge >= 0.3 is 0 Å². The fourth-order valence-electron chi connectivity index (χ4n) is 4.57. The number of carbonyl (C=O) groups excluding carboxylic acids is 2. The number of fused-ring (bicyclic) bond motifs is 1. The summed E-state index contributed by atoms with van der Waals surface area (Å²) in [5.74, 6) is 0.383. The van der Waals surface area contributed by atoms with Gasteiger partial charge in [-0.2, -0.15) is 0 Å². The van der Waals surface area contributed by atoms with Crippen molar-refractivity contribution in [1.29, 1.82) is 0 Å². The molecule has 0 bridgehead atoms. The third-order valence-electron chi connectivity index (χ3n) is 6.29. The van der Waals surface area contributed by atoms with Gasteiger partial charge in [0.1, 0.15) is 10.8 Å². The van der Waals surface area contributed by atoms with Gasteiger partial charge in [-0.3, -0.25) is 14.5 Å². The lowest BCUT2D eigenvalue weighted by molar-refractivity contribution is -0.118. The van der Waals surface area contributed by atoms with Crippen molar-refractivity contribution in [2.75, 3.05) is 30.8 Å². The largest absolute Gasteiger partial charge is 0.495 e. The quantitative estimate of drug-likeness (QED) is 0.682. The van der Waals surface area contributed by atoms with Crippen LogP contribution in [0.4, 0.5) is 10.7 Å². The van der Waals surface area contributed by atoms with E-state index in [0.717, 1.165) is 50.6 Å². The van der Waals surface area contributed by atoms with E-state index >= 15 is 0 Å². The summed E-state index contributed by atoms with van der Waals surface area (Å²) in [6.45, 7) is 3.51. The van der Waals surface area contributed by atoms with Gasteiger partial charge in [0.2, 0.25) is 5.91 Å². The van der Waals surface area contributed by atoms with Crippen molar-refractivity contribution in [2.45, 2.75) is 57.9 Å². The SMILES string of the molecule is COc1ccccc1NC(=O)c1c(NC(=O)CN2CCCC[C@H]2C)sc2c1CCCC2. The molecule has 1 aliphatic carbocycles. The summed E-state index contributed by atoms with van der Waals surface area (Å²) in [6, 6.07) is 7.80. The Hall–Kier alpha value is -2.38. The maximum atomic E-state index is 13.3. The van der Waals surface area contributed by atoms with E-state index in [-0.39, 0.29) is 11.8 Å². The fraction of sp³-hybridized carbons (Fsp3) is 0.500. The van der Waals surface area contributed by atoms with Gasteiger partial charge in [0, 0.05) is 10.9 Å². The first kappa shape index (κ1) is 21.8. The molecular formula is C24H31N3O3S. The number of hydrogen-bond acceptors (Lipinski definition) is 5. The zero-order valence-corrected chi connectivity index (χ0v) is 19.1. The van der Waals surface area contributed by atoms with Gasteiger partial charge in [0.15, 0.2) is 0 Å². The second-order valence-electron chi connectivity index (χ2n) is 8.43. The van der Waals surface area contributed by atoms with Crippen molar-refractivity contribution in [3.63, 3.8) is 0 Å². The Bertz CT molecular complexity index is 956. The van der Waals surface area contributed by atoms with Crippen LogP contribution in [0.15, 0.2) is 24.3 Å². The highest BCUT2D eigenvalue weighted by Crippen LogP contribution is 2.39. The molecule has 1 fully saturated rings. The van der Waals surface area contributed by atoms with E-state index in [1.165, 1.54) is 11.3 Å². The average molecular weight is 442 g/mol. The van der Waals surface area contributed by atoms with Crippen LogP contribution in [0.1, 0.15) is 59.8 Å². The Morgan fingerprint density at radius 2 is 1.94 bits per heavy atom. The predicted molar refractivity (Wildman–Crippen MR) is 125 cm³/mol.